The highest BCUT2D eigenvalue weighted by atomic mass is 16.5. The molecule has 1 aromatic carbocycles. The first-order chi connectivity index (χ1) is 12.6. The maximum absolute atomic E-state index is 12.6. The highest BCUT2D eigenvalue weighted by Gasteiger charge is 2.39. The molecule has 0 saturated heterocycles. The third kappa shape index (κ3) is 3.13. The van der Waals surface area contributed by atoms with E-state index in [9.17, 15) is 10.1 Å². The van der Waals surface area contributed by atoms with Crippen LogP contribution in [0.2, 0.25) is 0 Å². The van der Waals surface area contributed by atoms with Crippen molar-refractivity contribution in [3.8, 4) is 17.6 Å². The van der Waals surface area contributed by atoms with Crippen LogP contribution in [0.15, 0.2) is 41.0 Å². The van der Waals surface area contributed by atoms with Gasteiger partial charge in [0.25, 0.3) is 0 Å². The molecular formula is C20H22N2O4. The number of carbonyl (C=O) groups is 1. The number of nitrogens with zero attached hydrogens (tertiary/aromatic N) is 1. The molecule has 1 aromatic rings. The number of ketones is 1. The second-order valence-electron chi connectivity index (χ2n) is 6.10. The van der Waals surface area contributed by atoms with Crippen molar-refractivity contribution in [2.24, 2.45) is 5.73 Å². The number of hydrogen-bond donors (Lipinski definition) is 1. The van der Waals surface area contributed by atoms with Crippen molar-refractivity contribution in [3.05, 3.63) is 46.6 Å². The van der Waals surface area contributed by atoms with Gasteiger partial charge in [-0.15, -0.1) is 0 Å². The smallest absolute Gasteiger partial charge is 0.205 e. The third-order valence-electron chi connectivity index (χ3n) is 4.51. The number of carbonyl (C=O) groups excluding carboxylic acids is 1. The molecule has 0 radical (unpaired) electrons. The lowest BCUT2D eigenvalue weighted by molar-refractivity contribution is -0.116. The Balaban J connectivity index is 2.17. The van der Waals surface area contributed by atoms with Crippen LogP contribution in [0.3, 0.4) is 0 Å². The summed E-state index contributed by atoms with van der Waals surface area (Å²) in [5.74, 6) is 1.30. The van der Waals surface area contributed by atoms with Gasteiger partial charge in [0.2, 0.25) is 5.88 Å². The lowest BCUT2D eigenvalue weighted by Gasteiger charge is -2.31. The molecule has 26 heavy (non-hydrogen) atoms. The summed E-state index contributed by atoms with van der Waals surface area (Å²) in [6.07, 6.45) is 1.80. The van der Waals surface area contributed by atoms with E-state index in [0.29, 0.717) is 48.9 Å². The first-order valence-corrected chi connectivity index (χ1v) is 8.84. The first kappa shape index (κ1) is 17.9. The quantitative estimate of drug-likeness (QED) is 0.872. The largest absolute Gasteiger partial charge is 0.494 e. The molecule has 1 aliphatic heterocycles. The van der Waals surface area contributed by atoms with Gasteiger partial charge in [0.15, 0.2) is 5.78 Å². The zero-order valence-electron chi connectivity index (χ0n) is 15.0. The van der Waals surface area contributed by atoms with Crippen molar-refractivity contribution < 1.29 is 19.0 Å². The van der Waals surface area contributed by atoms with Crippen LogP contribution >= 0.6 is 0 Å². The second-order valence-corrected chi connectivity index (χ2v) is 6.10. The molecule has 0 spiro atoms. The number of rotatable bonds is 5. The van der Waals surface area contributed by atoms with E-state index in [4.69, 9.17) is 19.9 Å². The number of ether oxygens (including phenoxy) is 3. The predicted octanol–water partition coefficient (Wildman–Crippen LogP) is 3.30. The summed E-state index contributed by atoms with van der Waals surface area (Å²) in [5.41, 5.74) is 7.48. The van der Waals surface area contributed by atoms with Gasteiger partial charge in [0, 0.05) is 30.0 Å². The van der Waals surface area contributed by atoms with E-state index < -0.39 is 5.92 Å². The summed E-state index contributed by atoms with van der Waals surface area (Å²) < 4.78 is 17.0. The number of benzene rings is 1. The van der Waals surface area contributed by atoms with E-state index >= 15 is 0 Å². The van der Waals surface area contributed by atoms with E-state index in [-0.39, 0.29) is 17.2 Å². The van der Waals surface area contributed by atoms with Crippen LogP contribution in [-0.4, -0.2) is 19.0 Å². The van der Waals surface area contributed by atoms with Crippen molar-refractivity contribution in [3.63, 3.8) is 0 Å². The average molecular weight is 354 g/mol. The van der Waals surface area contributed by atoms with Crippen molar-refractivity contribution in [1.82, 2.24) is 0 Å². The summed E-state index contributed by atoms with van der Waals surface area (Å²) in [6.45, 7) is 4.77. The predicted molar refractivity (Wildman–Crippen MR) is 95.3 cm³/mol. The SMILES string of the molecule is CCOc1ccc([C@@H]2C(C#N)=C(N)OC3=C2C(=O)CCC3)c(OCC)c1. The maximum Gasteiger partial charge on any atom is 0.205 e. The Kier molecular flexibility index (Phi) is 5.17. The average Bonchev–Trinajstić information content (AvgIpc) is 2.62. The molecule has 0 unspecified atom stereocenters. The number of nitrogens with two attached hydrogens (primary N) is 1. The molecule has 2 aliphatic rings. The minimum Gasteiger partial charge on any atom is -0.494 e. The Morgan fingerprint density at radius 1 is 1.27 bits per heavy atom. The van der Waals surface area contributed by atoms with Gasteiger partial charge < -0.3 is 19.9 Å². The minimum absolute atomic E-state index is 0.00664. The van der Waals surface area contributed by atoms with E-state index in [0.717, 1.165) is 12.0 Å². The fourth-order valence-electron chi connectivity index (χ4n) is 3.46. The molecule has 0 amide bonds. The van der Waals surface area contributed by atoms with Gasteiger partial charge >= 0.3 is 0 Å². The number of hydrogen-bond acceptors (Lipinski definition) is 6. The number of nitriles is 1. The first-order valence-electron chi connectivity index (χ1n) is 8.84. The van der Waals surface area contributed by atoms with Gasteiger partial charge in [-0.1, -0.05) is 6.07 Å². The van der Waals surface area contributed by atoms with Crippen LogP contribution in [-0.2, 0) is 9.53 Å². The fraction of sp³-hybridized carbons (Fsp3) is 0.400. The molecule has 0 bridgehead atoms. The summed E-state index contributed by atoms with van der Waals surface area (Å²) in [7, 11) is 0. The van der Waals surface area contributed by atoms with Crippen LogP contribution < -0.4 is 15.2 Å². The van der Waals surface area contributed by atoms with E-state index in [2.05, 4.69) is 6.07 Å². The van der Waals surface area contributed by atoms with E-state index in [1.54, 1.807) is 6.07 Å². The summed E-state index contributed by atoms with van der Waals surface area (Å²) >= 11 is 0. The van der Waals surface area contributed by atoms with Gasteiger partial charge in [0.1, 0.15) is 28.9 Å². The topological polar surface area (TPSA) is 94.6 Å². The van der Waals surface area contributed by atoms with E-state index in [1.165, 1.54) is 0 Å². The van der Waals surface area contributed by atoms with Crippen LogP contribution in [0, 0.1) is 11.3 Å². The van der Waals surface area contributed by atoms with E-state index in [1.807, 2.05) is 26.0 Å². The van der Waals surface area contributed by atoms with Gasteiger partial charge in [0.05, 0.1) is 19.1 Å². The lowest BCUT2D eigenvalue weighted by Crippen LogP contribution is -2.27. The molecule has 1 heterocycles. The van der Waals surface area contributed by atoms with Gasteiger partial charge in [-0.2, -0.15) is 5.26 Å². The van der Waals surface area contributed by atoms with Crippen molar-refractivity contribution in [1.29, 1.82) is 5.26 Å². The van der Waals surface area contributed by atoms with Crippen molar-refractivity contribution in [2.45, 2.75) is 39.0 Å². The van der Waals surface area contributed by atoms with Crippen LogP contribution in [0.4, 0.5) is 0 Å². The summed E-state index contributed by atoms with van der Waals surface area (Å²) in [6, 6.07) is 7.56. The molecule has 6 nitrogen and oxygen atoms in total. The Morgan fingerprint density at radius 2 is 2.04 bits per heavy atom. The molecule has 3 rings (SSSR count). The van der Waals surface area contributed by atoms with Crippen LogP contribution in [0.1, 0.15) is 44.6 Å². The molecule has 136 valence electrons. The van der Waals surface area contributed by atoms with Crippen LogP contribution in [0.5, 0.6) is 11.5 Å². The fourth-order valence-corrected chi connectivity index (χ4v) is 3.46. The highest BCUT2D eigenvalue weighted by molar-refractivity contribution is 5.99. The highest BCUT2D eigenvalue weighted by Crippen LogP contribution is 2.46. The van der Waals surface area contributed by atoms with Gasteiger partial charge in [-0.25, -0.2) is 0 Å². The normalized spacial score (nSPS) is 19.6. The summed E-state index contributed by atoms with van der Waals surface area (Å²) in [5, 5.41) is 9.66. The van der Waals surface area contributed by atoms with Gasteiger partial charge in [-0.05, 0) is 26.3 Å². The zero-order chi connectivity index (χ0) is 18.7. The Hall–Kier alpha value is -2.94. The van der Waals surface area contributed by atoms with Gasteiger partial charge in [-0.3, -0.25) is 4.79 Å². The lowest BCUT2D eigenvalue weighted by atomic mass is 9.77. The molecule has 6 heteroatoms. The standard InChI is InChI=1S/C20H22N2O4/c1-3-24-12-8-9-13(17(10-12)25-4-2)18-14(11-21)20(22)26-16-7-5-6-15(23)19(16)18/h8-10,18H,3-7,22H2,1-2H3/t18-/m1/s1. The second kappa shape index (κ2) is 7.52. The third-order valence-corrected chi connectivity index (χ3v) is 4.51. The molecule has 1 aliphatic carbocycles. The summed E-state index contributed by atoms with van der Waals surface area (Å²) in [4.78, 5) is 12.6. The van der Waals surface area contributed by atoms with Crippen molar-refractivity contribution >= 4 is 5.78 Å². The Morgan fingerprint density at radius 3 is 2.73 bits per heavy atom. The van der Waals surface area contributed by atoms with Crippen LogP contribution in [0.25, 0.3) is 0 Å². The Bertz CT molecular complexity index is 833. The molecular weight excluding hydrogens is 332 g/mol. The molecule has 2 N–H and O–H groups in total. The Labute approximate surface area is 152 Å². The monoisotopic (exact) mass is 354 g/mol. The molecule has 0 aromatic heterocycles. The molecule has 0 fully saturated rings. The molecule has 0 saturated carbocycles. The number of allylic oxidation sites excluding steroid dienone is 3. The number of Topliss-reactive ketones (excluding diaryl/α,β-unsaturated/α-hetero) is 1. The molecule has 1 atom stereocenters. The minimum atomic E-state index is -0.575. The maximum atomic E-state index is 12.6. The zero-order valence-corrected chi connectivity index (χ0v) is 15.0. The van der Waals surface area contributed by atoms with Crippen molar-refractivity contribution in [2.75, 3.05) is 13.2 Å².